The number of hydrogen-bond acceptors (Lipinski definition) is 3. The normalized spacial score (nSPS) is 16.0. The van der Waals surface area contributed by atoms with Crippen molar-refractivity contribution in [3.8, 4) is 0 Å². The summed E-state index contributed by atoms with van der Waals surface area (Å²) >= 11 is 0. The smallest absolute Gasteiger partial charge is 0.323 e. The summed E-state index contributed by atoms with van der Waals surface area (Å²) in [6.45, 7) is 0. The van der Waals surface area contributed by atoms with E-state index in [1.807, 2.05) is 14.1 Å². The summed E-state index contributed by atoms with van der Waals surface area (Å²) in [5.74, 6) is -38.6. The molecule has 0 fully saturated rings. The fraction of sp³-hybridized carbons (Fsp3) is 1.00. The second-order valence-corrected chi connectivity index (χ2v) is 6.04. The van der Waals surface area contributed by atoms with Crippen LogP contribution in [0.5, 0.6) is 0 Å². The van der Waals surface area contributed by atoms with Crippen molar-refractivity contribution in [3.63, 3.8) is 0 Å². The second-order valence-electron chi connectivity index (χ2n) is 4.60. The van der Waals surface area contributed by atoms with E-state index in [1.165, 1.54) is 0 Å². The summed E-state index contributed by atoms with van der Waals surface area (Å²) in [5.41, 5.74) is -5.66. The van der Waals surface area contributed by atoms with Crippen molar-refractivity contribution < 1.29 is 70.0 Å². The van der Waals surface area contributed by atoms with Crippen LogP contribution in [0.4, 0.5) is 57.1 Å². The van der Waals surface area contributed by atoms with E-state index in [2.05, 4.69) is 5.32 Å². The Morgan fingerprint density at radius 1 is 0.704 bits per heavy atom. The number of nitrogens with one attached hydrogen (secondary N) is 1. The molecule has 0 radical (unpaired) electrons. The third-order valence-corrected chi connectivity index (χ3v) is 3.27. The van der Waals surface area contributed by atoms with Crippen LogP contribution in [0.1, 0.15) is 0 Å². The quantitative estimate of drug-likeness (QED) is 0.453. The first-order valence-electron chi connectivity index (χ1n) is 5.87. The molecule has 166 valence electrons. The van der Waals surface area contributed by atoms with Gasteiger partial charge in [0.15, 0.2) is 0 Å². The maximum absolute atomic E-state index is 12.9. The van der Waals surface area contributed by atoms with Gasteiger partial charge in [-0.15, -0.1) is 0 Å². The lowest BCUT2D eigenvalue weighted by Gasteiger charge is -2.39. The molecule has 0 saturated carbocycles. The van der Waals surface area contributed by atoms with Gasteiger partial charge in [0.25, 0.3) is 5.50 Å². The average Bonchev–Trinajstić information content (AvgIpc) is 2.45. The Bertz CT molecular complexity index is 592. The molecular formula is C9H10F13NO3S. The topological polar surface area (TPSA) is 66.4 Å². The van der Waals surface area contributed by atoms with Gasteiger partial charge in [-0.1, -0.05) is 0 Å². The lowest BCUT2D eigenvalue weighted by molar-refractivity contribution is -0.415. The molecule has 0 aromatic carbocycles. The Hall–Kier alpha value is -1.04. The van der Waals surface area contributed by atoms with Gasteiger partial charge in [-0.25, -0.2) is 13.2 Å². The van der Waals surface area contributed by atoms with Gasteiger partial charge in [0.1, 0.15) is 0 Å². The van der Waals surface area contributed by atoms with Crippen LogP contribution in [0.15, 0.2) is 0 Å². The van der Waals surface area contributed by atoms with Crippen LogP contribution in [0, 0.1) is 0 Å². The standard InChI is InChI=1S/C7H3F13O3S.C2H7N/c8-1(9)3(11,12)5(15,16)7(19,20)6(17,18)4(13,14)2(10)24(21,22)23;1-3-2/h1-2H,(H,21,22,23);3H,1-2H3. The molecule has 18 heteroatoms. The maximum atomic E-state index is 12.9. The van der Waals surface area contributed by atoms with Gasteiger partial charge in [0, 0.05) is 0 Å². The summed E-state index contributed by atoms with van der Waals surface area (Å²) < 4.78 is 191. The van der Waals surface area contributed by atoms with Crippen LogP contribution in [-0.2, 0) is 10.1 Å². The van der Waals surface area contributed by atoms with E-state index in [0.717, 1.165) is 0 Å². The predicted octanol–water partition coefficient (Wildman–Crippen LogP) is 3.45. The zero-order valence-electron chi connectivity index (χ0n) is 12.7. The highest BCUT2D eigenvalue weighted by Crippen LogP contribution is 2.59. The summed E-state index contributed by atoms with van der Waals surface area (Å²) in [4.78, 5) is 0. The minimum absolute atomic E-state index is 1.88. The van der Waals surface area contributed by atoms with Crippen LogP contribution in [-0.4, -0.2) is 68.6 Å². The van der Waals surface area contributed by atoms with Gasteiger partial charge in [0.05, 0.1) is 0 Å². The van der Waals surface area contributed by atoms with Crippen molar-refractivity contribution in [1.29, 1.82) is 0 Å². The average molecular weight is 459 g/mol. The third kappa shape index (κ3) is 4.69. The maximum Gasteiger partial charge on any atom is 0.384 e. The highest BCUT2D eigenvalue weighted by atomic mass is 32.2. The van der Waals surface area contributed by atoms with E-state index in [4.69, 9.17) is 4.55 Å². The van der Waals surface area contributed by atoms with Gasteiger partial charge in [-0.2, -0.15) is 52.3 Å². The van der Waals surface area contributed by atoms with E-state index in [0.29, 0.717) is 0 Å². The van der Waals surface area contributed by atoms with Crippen LogP contribution in [0.25, 0.3) is 0 Å². The molecule has 0 heterocycles. The Morgan fingerprint density at radius 3 is 1.19 bits per heavy atom. The molecule has 0 aliphatic carbocycles. The van der Waals surface area contributed by atoms with Crippen LogP contribution < -0.4 is 5.32 Å². The van der Waals surface area contributed by atoms with Crippen LogP contribution >= 0.6 is 0 Å². The third-order valence-electron chi connectivity index (χ3n) is 2.45. The van der Waals surface area contributed by atoms with Crippen LogP contribution in [0.3, 0.4) is 0 Å². The summed E-state index contributed by atoms with van der Waals surface area (Å²) in [7, 11) is -3.16. The summed E-state index contributed by atoms with van der Waals surface area (Å²) in [6, 6.07) is 0. The first kappa shape index (κ1) is 28.2. The van der Waals surface area contributed by atoms with Crippen molar-refractivity contribution in [2.45, 2.75) is 41.5 Å². The Balaban J connectivity index is 0. The summed E-state index contributed by atoms with van der Waals surface area (Å²) in [5, 5.41) is 2.75. The first-order valence-corrected chi connectivity index (χ1v) is 7.38. The van der Waals surface area contributed by atoms with Gasteiger partial charge in [-0.3, -0.25) is 4.55 Å². The molecule has 0 aromatic heterocycles. The van der Waals surface area contributed by atoms with Gasteiger partial charge in [-0.05, 0) is 14.1 Å². The molecule has 4 nitrogen and oxygen atoms in total. The lowest BCUT2D eigenvalue weighted by Crippen LogP contribution is -2.70. The number of rotatable bonds is 7. The zero-order valence-corrected chi connectivity index (χ0v) is 13.6. The molecule has 2 N–H and O–H groups in total. The van der Waals surface area contributed by atoms with Crippen molar-refractivity contribution >= 4 is 10.1 Å². The Morgan fingerprint density at radius 2 is 0.963 bits per heavy atom. The molecule has 0 saturated heterocycles. The molecule has 0 aliphatic heterocycles. The SMILES string of the molecule is CNC.O=S(=O)(O)C(F)C(F)(F)C(F)(F)C(F)(F)C(F)(F)C(F)(F)C(F)F. The van der Waals surface area contributed by atoms with Crippen molar-refractivity contribution in [1.82, 2.24) is 5.32 Å². The minimum Gasteiger partial charge on any atom is -0.323 e. The highest BCUT2D eigenvalue weighted by Gasteiger charge is 2.89. The zero-order chi connectivity index (χ0) is 22.9. The lowest BCUT2D eigenvalue weighted by atomic mass is 9.95. The van der Waals surface area contributed by atoms with Crippen molar-refractivity contribution in [2.24, 2.45) is 0 Å². The number of alkyl halides is 13. The molecule has 0 spiro atoms. The van der Waals surface area contributed by atoms with Gasteiger partial charge in [0.2, 0.25) is 0 Å². The minimum atomic E-state index is -8.07. The monoisotopic (exact) mass is 459 g/mol. The number of hydrogen-bond donors (Lipinski definition) is 2. The van der Waals surface area contributed by atoms with Crippen LogP contribution in [0.2, 0.25) is 0 Å². The van der Waals surface area contributed by atoms with E-state index in [9.17, 15) is 65.5 Å². The van der Waals surface area contributed by atoms with Gasteiger partial charge >= 0.3 is 46.2 Å². The summed E-state index contributed by atoms with van der Waals surface area (Å²) in [6.07, 6.45) is -5.74. The largest absolute Gasteiger partial charge is 0.384 e. The van der Waals surface area contributed by atoms with E-state index < -0.39 is 51.7 Å². The fourth-order valence-corrected chi connectivity index (χ4v) is 1.60. The molecule has 1 atom stereocenters. The molecule has 0 bridgehead atoms. The van der Waals surface area contributed by atoms with E-state index >= 15 is 0 Å². The van der Waals surface area contributed by atoms with Crippen molar-refractivity contribution in [2.75, 3.05) is 14.1 Å². The Kier molecular flexibility index (Phi) is 8.49. The highest BCUT2D eigenvalue weighted by molar-refractivity contribution is 7.86. The molecule has 27 heavy (non-hydrogen) atoms. The van der Waals surface area contributed by atoms with Gasteiger partial charge < -0.3 is 5.32 Å². The molecular weight excluding hydrogens is 449 g/mol. The van der Waals surface area contributed by atoms with Crippen molar-refractivity contribution in [3.05, 3.63) is 0 Å². The van der Waals surface area contributed by atoms with E-state index in [-0.39, 0.29) is 0 Å². The second kappa shape index (κ2) is 8.14. The fourth-order valence-electron chi connectivity index (χ4n) is 1.08. The Labute approximate surface area is 142 Å². The number of halogens is 13. The molecule has 0 rings (SSSR count). The van der Waals surface area contributed by atoms with E-state index in [1.54, 1.807) is 0 Å². The predicted molar refractivity (Wildman–Crippen MR) is 62.2 cm³/mol. The molecule has 0 aromatic rings. The molecule has 1 unspecified atom stereocenters. The first-order chi connectivity index (χ1) is 11.5. The molecule has 0 aliphatic rings. The molecule has 0 amide bonds.